The second-order valence-electron chi connectivity index (χ2n) is 4.12. The number of rotatable bonds is 1. The molecule has 16 heavy (non-hydrogen) atoms. The Morgan fingerprint density at radius 3 is 3.00 bits per heavy atom. The summed E-state index contributed by atoms with van der Waals surface area (Å²) in [4.78, 5) is 0. The van der Waals surface area contributed by atoms with E-state index in [0.29, 0.717) is 24.8 Å². The third-order valence-electron chi connectivity index (χ3n) is 2.83. The highest BCUT2D eigenvalue weighted by Gasteiger charge is 2.20. The monoisotopic (exact) mass is 227 g/mol. The van der Waals surface area contributed by atoms with Gasteiger partial charge in [0.15, 0.2) is 0 Å². The maximum Gasteiger partial charge on any atom is 0.129 e. The third kappa shape index (κ3) is 2.57. The highest BCUT2D eigenvalue weighted by atomic mass is 19.1. The van der Waals surface area contributed by atoms with Gasteiger partial charge in [-0.25, -0.2) is 8.78 Å². The first-order chi connectivity index (χ1) is 7.66. The van der Waals surface area contributed by atoms with Gasteiger partial charge in [-0.15, -0.1) is 0 Å². The number of ether oxygens (including phenoxy) is 1. The maximum absolute atomic E-state index is 13.5. The van der Waals surface area contributed by atoms with E-state index in [1.165, 1.54) is 6.07 Å². The average Bonchev–Trinajstić information content (AvgIpc) is 2.47. The molecule has 1 heterocycles. The van der Waals surface area contributed by atoms with Gasteiger partial charge < -0.3 is 10.1 Å². The van der Waals surface area contributed by atoms with Crippen molar-refractivity contribution >= 4 is 0 Å². The van der Waals surface area contributed by atoms with Crippen LogP contribution in [-0.4, -0.2) is 19.2 Å². The van der Waals surface area contributed by atoms with Crippen molar-refractivity contribution in [2.24, 2.45) is 0 Å². The minimum atomic E-state index is -0.433. The van der Waals surface area contributed by atoms with Crippen LogP contribution in [0.4, 0.5) is 8.78 Å². The van der Waals surface area contributed by atoms with E-state index in [9.17, 15) is 8.78 Å². The lowest BCUT2D eigenvalue weighted by atomic mass is 10.1. The molecule has 2 atom stereocenters. The molecule has 1 aromatic rings. The van der Waals surface area contributed by atoms with E-state index >= 15 is 0 Å². The summed E-state index contributed by atoms with van der Waals surface area (Å²) in [6, 6.07) is 3.81. The molecular weight excluding hydrogens is 212 g/mol. The first kappa shape index (κ1) is 11.5. The minimum absolute atomic E-state index is 0.293. The highest BCUT2D eigenvalue weighted by molar-refractivity contribution is 5.21. The molecule has 1 saturated heterocycles. The topological polar surface area (TPSA) is 21.3 Å². The van der Waals surface area contributed by atoms with Crippen LogP contribution in [0.15, 0.2) is 18.2 Å². The van der Waals surface area contributed by atoms with Crippen molar-refractivity contribution in [3.8, 4) is 0 Å². The number of nitrogens with one attached hydrogen (secondary N) is 1. The van der Waals surface area contributed by atoms with Crippen molar-refractivity contribution < 1.29 is 13.5 Å². The number of benzene rings is 1. The van der Waals surface area contributed by atoms with Crippen molar-refractivity contribution in [3.63, 3.8) is 0 Å². The molecule has 0 spiro atoms. The molecule has 1 fully saturated rings. The Bertz CT molecular complexity index is 370. The van der Waals surface area contributed by atoms with E-state index in [-0.39, 0.29) is 0 Å². The van der Waals surface area contributed by atoms with Gasteiger partial charge in [0.05, 0.1) is 6.10 Å². The van der Waals surface area contributed by atoms with Gasteiger partial charge in [0.1, 0.15) is 11.6 Å². The van der Waals surface area contributed by atoms with Crippen LogP contribution in [0.5, 0.6) is 0 Å². The first-order valence-corrected chi connectivity index (χ1v) is 5.47. The number of hydrogen-bond donors (Lipinski definition) is 1. The molecule has 0 radical (unpaired) electrons. The Balaban J connectivity index is 2.19. The Morgan fingerprint density at radius 2 is 2.19 bits per heavy atom. The molecule has 2 rings (SSSR count). The summed E-state index contributed by atoms with van der Waals surface area (Å²) in [5.74, 6) is -0.847. The van der Waals surface area contributed by atoms with E-state index in [1.807, 2.05) is 6.92 Å². The molecule has 0 saturated carbocycles. The zero-order valence-electron chi connectivity index (χ0n) is 9.17. The Morgan fingerprint density at radius 1 is 1.38 bits per heavy atom. The van der Waals surface area contributed by atoms with Crippen LogP contribution < -0.4 is 5.32 Å². The van der Waals surface area contributed by atoms with Crippen molar-refractivity contribution in [2.75, 3.05) is 13.2 Å². The zero-order chi connectivity index (χ0) is 11.5. The van der Waals surface area contributed by atoms with Gasteiger partial charge in [-0.2, -0.15) is 0 Å². The Labute approximate surface area is 93.6 Å². The van der Waals surface area contributed by atoms with Crippen LogP contribution in [0.3, 0.4) is 0 Å². The van der Waals surface area contributed by atoms with Crippen LogP contribution in [0.1, 0.15) is 25.0 Å². The molecule has 1 aliphatic rings. The molecule has 88 valence electrons. The largest absolute Gasteiger partial charge is 0.372 e. The summed E-state index contributed by atoms with van der Waals surface area (Å²) in [7, 11) is 0. The van der Waals surface area contributed by atoms with Gasteiger partial charge in [0, 0.05) is 24.8 Å². The van der Waals surface area contributed by atoms with Crippen molar-refractivity contribution in [1.82, 2.24) is 5.32 Å². The smallest absolute Gasteiger partial charge is 0.129 e. The van der Waals surface area contributed by atoms with Crippen molar-refractivity contribution in [2.45, 2.75) is 25.5 Å². The Hall–Kier alpha value is -1.00. The van der Waals surface area contributed by atoms with E-state index in [0.717, 1.165) is 18.6 Å². The van der Waals surface area contributed by atoms with Crippen LogP contribution >= 0.6 is 0 Å². The van der Waals surface area contributed by atoms with Crippen LogP contribution in [0.25, 0.3) is 0 Å². The average molecular weight is 227 g/mol. The van der Waals surface area contributed by atoms with E-state index < -0.39 is 17.7 Å². The van der Waals surface area contributed by atoms with Crippen LogP contribution in [0, 0.1) is 11.6 Å². The van der Waals surface area contributed by atoms with Crippen LogP contribution in [0.2, 0.25) is 0 Å². The minimum Gasteiger partial charge on any atom is -0.372 e. The summed E-state index contributed by atoms with van der Waals surface area (Å²) >= 11 is 0. The van der Waals surface area contributed by atoms with E-state index in [1.54, 1.807) is 0 Å². The SMILES string of the molecule is CC1CCOC(c2cc(F)ccc2F)CN1. The fourth-order valence-electron chi connectivity index (χ4n) is 1.82. The normalized spacial score (nSPS) is 26.4. The lowest BCUT2D eigenvalue weighted by molar-refractivity contribution is 0.0637. The molecule has 0 bridgehead atoms. The van der Waals surface area contributed by atoms with Gasteiger partial charge in [0.2, 0.25) is 0 Å². The summed E-state index contributed by atoms with van der Waals surface area (Å²) in [5.41, 5.74) is 0.293. The zero-order valence-corrected chi connectivity index (χ0v) is 9.17. The summed E-state index contributed by atoms with van der Waals surface area (Å²) in [6.07, 6.45) is 0.480. The van der Waals surface area contributed by atoms with Crippen molar-refractivity contribution in [1.29, 1.82) is 0 Å². The maximum atomic E-state index is 13.5. The molecule has 1 aliphatic heterocycles. The van der Waals surface area contributed by atoms with E-state index in [2.05, 4.69) is 5.32 Å². The lowest BCUT2D eigenvalue weighted by Crippen LogP contribution is -2.28. The fraction of sp³-hybridized carbons (Fsp3) is 0.500. The predicted molar refractivity (Wildman–Crippen MR) is 57.1 cm³/mol. The molecular formula is C12H15F2NO. The van der Waals surface area contributed by atoms with Crippen molar-refractivity contribution in [3.05, 3.63) is 35.4 Å². The van der Waals surface area contributed by atoms with E-state index in [4.69, 9.17) is 4.74 Å². The lowest BCUT2D eigenvalue weighted by Gasteiger charge is -2.16. The first-order valence-electron chi connectivity index (χ1n) is 5.47. The summed E-state index contributed by atoms with van der Waals surface area (Å²) in [5, 5.41) is 3.23. The second-order valence-corrected chi connectivity index (χ2v) is 4.12. The van der Waals surface area contributed by atoms with Gasteiger partial charge >= 0.3 is 0 Å². The Kier molecular flexibility index (Phi) is 3.51. The molecule has 0 amide bonds. The summed E-state index contributed by atoms with van der Waals surface area (Å²) in [6.45, 7) is 3.13. The quantitative estimate of drug-likeness (QED) is 0.795. The molecule has 2 unspecified atom stereocenters. The summed E-state index contributed by atoms with van der Waals surface area (Å²) < 4.78 is 32.1. The molecule has 2 nitrogen and oxygen atoms in total. The van der Waals surface area contributed by atoms with Gasteiger partial charge in [-0.05, 0) is 31.5 Å². The molecule has 1 N–H and O–H groups in total. The highest BCUT2D eigenvalue weighted by Crippen LogP contribution is 2.23. The number of halogens is 2. The standard InChI is InChI=1S/C12H15F2NO/c1-8-4-5-16-12(7-15-8)10-6-9(13)2-3-11(10)14/h2-3,6,8,12,15H,4-5,7H2,1H3. The molecule has 4 heteroatoms. The molecule has 0 aliphatic carbocycles. The van der Waals surface area contributed by atoms with Gasteiger partial charge in [0.25, 0.3) is 0 Å². The van der Waals surface area contributed by atoms with Crippen LogP contribution in [-0.2, 0) is 4.74 Å². The predicted octanol–water partition coefficient (Wildman–Crippen LogP) is 2.40. The van der Waals surface area contributed by atoms with Gasteiger partial charge in [-0.1, -0.05) is 0 Å². The van der Waals surface area contributed by atoms with Gasteiger partial charge in [-0.3, -0.25) is 0 Å². The fourth-order valence-corrected chi connectivity index (χ4v) is 1.82. The third-order valence-corrected chi connectivity index (χ3v) is 2.83. The molecule has 1 aromatic carbocycles. The number of hydrogen-bond acceptors (Lipinski definition) is 2. The second kappa shape index (κ2) is 4.89. The molecule has 0 aromatic heterocycles.